The molecule has 0 aliphatic carbocycles. The lowest BCUT2D eigenvalue weighted by molar-refractivity contribution is -0.136. The van der Waals surface area contributed by atoms with Gasteiger partial charge in [-0.15, -0.1) is 5.10 Å². The molecule has 1 heterocycles. The van der Waals surface area contributed by atoms with E-state index in [4.69, 9.17) is 5.11 Å². The molecule has 1 aromatic carbocycles. The number of halogens is 3. The Hall–Kier alpha value is -2.38. The number of carbonyl (C=O) groups is 1. The minimum absolute atomic E-state index is 0.0485. The number of aromatic nitrogens is 3. The fraction of sp³-hybridized carbons (Fsp3) is 0.100. The molecule has 0 atom stereocenters. The molecule has 0 fully saturated rings. The first kappa shape index (κ1) is 12.1. The molecule has 5 nitrogen and oxygen atoms in total. The number of nitrogens with zero attached hydrogens (tertiary/aromatic N) is 3. The van der Waals surface area contributed by atoms with Crippen LogP contribution in [0.4, 0.5) is 13.2 Å². The molecule has 0 unspecified atom stereocenters. The molecule has 0 saturated carbocycles. The van der Waals surface area contributed by atoms with Gasteiger partial charge in [-0.05, 0) is 12.1 Å². The van der Waals surface area contributed by atoms with Crippen LogP contribution in [0.2, 0.25) is 0 Å². The highest BCUT2D eigenvalue weighted by Gasteiger charge is 2.18. The number of hydrogen-bond donors (Lipinski definition) is 1. The molecule has 0 radical (unpaired) electrons. The van der Waals surface area contributed by atoms with Crippen LogP contribution in [0.25, 0.3) is 5.69 Å². The molecular weight excluding hydrogens is 251 g/mol. The first-order chi connectivity index (χ1) is 8.50. The zero-order valence-electron chi connectivity index (χ0n) is 8.77. The highest BCUT2D eigenvalue weighted by atomic mass is 19.2. The summed E-state index contributed by atoms with van der Waals surface area (Å²) in [5, 5.41) is 15.5. The molecule has 2 rings (SSSR count). The van der Waals surface area contributed by atoms with Crippen molar-refractivity contribution in [2.75, 3.05) is 0 Å². The Morgan fingerprint density at radius 3 is 2.67 bits per heavy atom. The van der Waals surface area contributed by atoms with E-state index in [9.17, 15) is 18.0 Å². The van der Waals surface area contributed by atoms with E-state index in [-0.39, 0.29) is 5.69 Å². The quantitative estimate of drug-likeness (QED) is 0.842. The fourth-order valence-electron chi connectivity index (χ4n) is 1.41. The zero-order valence-corrected chi connectivity index (χ0v) is 8.77. The van der Waals surface area contributed by atoms with Crippen LogP contribution in [-0.2, 0) is 11.2 Å². The third-order valence-corrected chi connectivity index (χ3v) is 2.20. The van der Waals surface area contributed by atoms with Crippen molar-refractivity contribution in [2.24, 2.45) is 0 Å². The van der Waals surface area contributed by atoms with Crippen molar-refractivity contribution in [3.05, 3.63) is 41.5 Å². The van der Waals surface area contributed by atoms with Gasteiger partial charge in [0, 0.05) is 0 Å². The van der Waals surface area contributed by atoms with Gasteiger partial charge in [0.2, 0.25) is 0 Å². The summed E-state index contributed by atoms with van der Waals surface area (Å²) in [7, 11) is 0. The Kier molecular flexibility index (Phi) is 3.00. The van der Waals surface area contributed by atoms with Crippen molar-refractivity contribution in [1.29, 1.82) is 0 Å². The normalized spacial score (nSPS) is 10.6. The van der Waals surface area contributed by atoms with Crippen LogP contribution < -0.4 is 0 Å². The summed E-state index contributed by atoms with van der Waals surface area (Å²) in [6, 6.07) is 1.67. The third-order valence-electron chi connectivity index (χ3n) is 2.20. The molecule has 0 aliphatic rings. The van der Waals surface area contributed by atoms with Crippen LogP contribution in [0, 0.1) is 17.5 Å². The average molecular weight is 257 g/mol. The molecule has 0 amide bonds. The van der Waals surface area contributed by atoms with Crippen LogP contribution in [0.5, 0.6) is 0 Å². The SMILES string of the molecule is O=C(O)Cc1cnnn1-c1ccc(F)c(F)c1F. The van der Waals surface area contributed by atoms with E-state index in [0.29, 0.717) is 0 Å². The number of carboxylic acid groups (broad SMARTS) is 1. The standard InChI is InChI=1S/C10H6F3N3O2/c11-6-1-2-7(10(13)9(6)12)16-5(3-8(17)18)4-14-15-16/h1-2,4H,3H2,(H,17,18). The Morgan fingerprint density at radius 1 is 1.28 bits per heavy atom. The van der Waals surface area contributed by atoms with Crippen molar-refractivity contribution in [3.63, 3.8) is 0 Å². The lowest BCUT2D eigenvalue weighted by atomic mass is 10.2. The number of aliphatic carboxylic acids is 1. The first-order valence-corrected chi connectivity index (χ1v) is 4.76. The van der Waals surface area contributed by atoms with Crippen LogP contribution >= 0.6 is 0 Å². The van der Waals surface area contributed by atoms with Gasteiger partial charge >= 0.3 is 5.97 Å². The van der Waals surface area contributed by atoms with Gasteiger partial charge in [-0.25, -0.2) is 17.9 Å². The molecule has 8 heteroatoms. The summed E-state index contributed by atoms with van der Waals surface area (Å²) in [5.74, 6) is -5.62. The highest BCUT2D eigenvalue weighted by Crippen LogP contribution is 2.19. The molecule has 94 valence electrons. The predicted octanol–water partition coefficient (Wildman–Crippen LogP) is 1.31. The van der Waals surface area contributed by atoms with E-state index in [1.54, 1.807) is 0 Å². The predicted molar refractivity (Wildman–Crippen MR) is 52.6 cm³/mol. The van der Waals surface area contributed by atoms with E-state index in [1.807, 2.05) is 0 Å². The minimum Gasteiger partial charge on any atom is -0.481 e. The Bertz CT molecular complexity index is 612. The second-order valence-electron chi connectivity index (χ2n) is 3.40. The summed E-state index contributed by atoms with van der Waals surface area (Å²) in [6.45, 7) is 0. The molecule has 1 N–H and O–H groups in total. The summed E-state index contributed by atoms with van der Waals surface area (Å²) >= 11 is 0. The van der Waals surface area contributed by atoms with Gasteiger partial charge in [-0.1, -0.05) is 5.21 Å². The molecule has 0 aliphatic heterocycles. The smallest absolute Gasteiger partial charge is 0.309 e. The van der Waals surface area contributed by atoms with Gasteiger partial charge < -0.3 is 5.11 Å². The molecule has 1 aromatic heterocycles. The summed E-state index contributed by atoms with van der Waals surface area (Å²) < 4.78 is 40.1. The number of hydrogen-bond acceptors (Lipinski definition) is 3. The largest absolute Gasteiger partial charge is 0.481 e. The summed E-state index contributed by atoms with van der Waals surface area (Å²) in [4.78, 5) is 10.6. The number of carboxylic acids is 1. The van der Waals surface area contributed by atoms with Crippen LogP contribution in [0.1, 0.15) is 5.69 Å². The molecule has 0 saturated heterocycles. The first-order valence-electron chi connectivity index (χ1n) is 4.76. The zero-order chi connectivity index (χ0) is 13.3. The Balaban J connectivity index is 2.53. The van der Waals surface area contributed by atoms with Crippen LogP contribution in [0.3, 0.4) is 0 Å². The maximum absolute atomic E-state index is 13.5. The van der Waals surface area contributed by atoms with Crippen LogP contribution in [-0.4, -0.2) is 26.1 Å². The maximum Gasteiger partial charge on any atom is 0.309 e. The lowest BCUT2D eigenvalue weighted by Gasteiger charge is -2.06. The number of benzene rings is 1. The second-order valence-corrected chi connectivity index (χ2v) is 3.40. The maximum atomic E-state index is 13.5. The Morgan fingerprint density at radius 2 is 2.00 bits per heavy atom. The van der Waals surface area contributed by atoms with E-state index < -0.39 is 35.5 Å². The van der Waals surface area contributed by atoms with Crippen molar-refractivity contribution in [1.82, 2.24) is 15.0 Å². The average Bonchev–Trinajstić information content (AvgIpc) is 2.73. The van der Waals surface area contributed by atoms with Gasteiger partial charge in [0.25, 0.3) is 0 Å². The van der Waals surface area contributed by atoms with Gasteiger partial charge in [-0.3, -0.25) is 4.79 Å². The molecule has 2 aromatic rings. The highest BCUT2D eigenvalue weighted by molar-refractivity contribution is 5.69. The van der Waals surface area contributed by atoms with Crippen molar-refractivity contribution in [2.45, 2.75) is 6.42 Å². The number of rotatable bonds is 3. The topological polar surface area (TPSA) is 68.0 Å². The fourth-order valence-corrected chi connectivity index (χ4v) is 1.41. The van der Waals surface area contributed by atoms with Gasteiger partial charge in [0.05, 0.1) is 18.3 Å². The molecular formula is C10H6F3N3O2. The van der Waals surface area contributed by atoms with Crippen LogP contribution in [0.15, 0.2) is 18.3 Å². The van der Waals surface area contributed by atoms with Crippen molar-refractivity contribution < 1.29 is 23.1 Å². The Labute approximate surface area is 98.5 Å². The summed E-state index contributed by atoms with van der Waals surface area (Å²) in [5.41, 5.74) is -0.352. The molecule has 0 spiro atoms. The van der Waals surface area contributed by atoms with Crippen molar-refractivity contribution in [3.8, 4) is 5.69 Å². The van der Waals surface area contributed by atoms with Gasteiger partial charge in [0.15, 0.2) is 17.5 Å². The second kappa shape index (κ2) is 4.47. The lowest BCUT2D eigenvalue weighted by Crippen LogP contribution is -2.10. The summed E-state index contributed by atoms with van der Waals surface area (Å²) in [6.07, 6.45) is 0.639. The van der Waals surface area contributed by atoms with E-state index in [1.165, 1.54) is 0 Å². The molecule has 18 heavy (non-hydrogen) atoms. The van der Waals surface area contributed by atoms with Crippen molar-refractivity contribution >= 4 is 5.97 Å². The van der Waals surface area contributed by atoms with E-state index in [0.717, 1.165) is 23.0 Å². The van der Waals surface area contributed by atoms with Gasteiger partial charge in [0.1, 0.15) is 5.69 Å². The third kappa shape index (κ3) is 2.04. The van der Waals surface area contributed by atoms with Gasteiger partial charge in [-0.2, -0.15) is 0 Å². The minimum atomic E-state index is -1.65. The molecule has 0 bridgehead atoms. The van der Waals surface area contributed by atoms with E-state index in [2.05, 4.69) is 10.3 Å². The monoisotopic (exact) mass is 257 g/mol. The van der Waals surface area contributed by atoms with E-state index >= 15 is 0 Å².